The van der Waals surface area contributed by atoms with E-state index in [1.165, 1.54) is 0 Å². The molecule has 13 heavy (non-hydrogen) atoms. The predicted octanol–water partition coefficient (Wildman–Crippen LogP) is -0.0489. The molecule has 0 saturated heterocycles. The lowest BCUT2D eigenvalue weighted by atomic mass is 9.99. The summed E-state index contributed by atoms with van der Waals surface area (Å²) in [6.07, 6.45) is 4.78. The molecule has 1 aliphatic rings. The normalized spacial score (nSPS) is 20.9. The first-order valence-corrected chi connectivity index (χ1v) is 3.06. The van der Waals surface area contributed by atoms with Crippen LogP contribution in [0.15, 0.2) is 23.4 Å². The quantitative estimate of drug-likeness (QED) is 0.339. The Hall–Kier alpha value is -2.00. The van der Waals surface area contributed by atoms with Crippen LogP contribution in [0.1, 0.15) is 0 Å². The third-order valence-corrected chi connectivity index (χ3v) is 1.49. The highest BCUT2D eigenvalue weighted by molar-refractivity contribution is 5.38. The molecule has 0 radical (unpaired) electrons. The van der Waals surface area contributed by atoms with Gasteiger partial charge in [0.2, 0.25) is 11.5 Å². The largest absolute Gasteiger partial charge is 0.502 e. The van der Waals surface area contributed by atoms with E-state index < -0.39 is 29.0 Å². The van der Waals surface area contributed by atoms with Crippen LogP contribution < -0.4 is 0 Å². The first-order valence-electron chi connectivity index (χ1n) is 3.06. The summed E-state index contributed by atoms with van der Waals surface area (Å²) < 4.78 is 4.02. The number of hydrogen-bond donors (Lipinski definition) is 5. The topological polar surface area (TPSA) is 110 Å². The molecule has 0 aromatic carbocycles. The van der Waals surface area contributed by atoms with Crippen molar-refractivity contribution in [2.45, 2.75) is 5.60 Å². The van der Waals surface area contributed by atoms with Crippen molar-refractivity contribution in [3.8, 4) is 12.3 Å². The van der Waals surface area contributed by atoms with E-state index in [1.807, 2.05) is 0 Å². The average Bonchev–Trinajstić information content (AvgIpc) is 2.12. The summed E-state index contributed by atoms with van der Waals surface area (Å²) in [7, 11) is 0. The lowest BCUT2D eigenvalue weighted by Gasteiger charge is -2.24. The fourth-order valence-electron chi connectivity index (χ4n) is 0.747. The summed E-state index contributed by atoms with van der Waals surface area (Å²) in [5, 5.41) is 44.8. The Morgan fingerprint density at radius 1 is 1.08 bits per heavy atom. The lowest BCUT2D eigenvalue weighted by Crippen LogP contribution is -2.37. The van der Waals surface area contributed by atoms with E-state index in [4.69, 9.17) is 26.8 Å². The van der Waals surface area contributed by atoms with Gasteiger partial charge in [0.05, 0.1) is 0 Å². The SMILES string of the molecule is C#CC1(O)C(O)=C(O)OC(O)=C1O. The van der Waals surface area contributed by atoms with E-state index in [1.54, 1.807) is 5.92 Å². The van der Waals surface area contributed by atoms with Gasteiger partial charge in [-0.25, -0.2) is 0 Å². The van der Waals surface area contributed by atoms with Crippen molar-refractivity contribution < 1.29 is 30.3 Å². The van der Waals surface area contributed by atoms with Crippen molar-refractivity contribution >= 4 is 0 Å². The van der Waals surface area contributed by atoms with Crippen molar-refractivity contribution in [3.05, 3.63) is 23.4 Å². The summed E-state index contributed by atoms with van der Waals surface area (Å²) in [6.45, 7) is 0. The van der Waals surface area contributed by atoms with Gasteiger partial charge in [-0.3, -0.25) is 0 Å². The van der Waals surface area contributed by atoms with Gasteiger partial charge < -0.3 is 30.3 Å². The molecule has 0 unspecified atom stereocenters. The van der Waals surface area contributed by atoms with Gasteiger partial charge in [0.1, 0.15) is 0 Å². The van der Waals surface area contributed by atoms with Crippen molar-refractivity contribution in [1.29, 1.82) is 0 Å². The second-order valence-electron chi connectivity index (χ2n) is 2.26. The molecule has 0 aromatic heterocycles. The molecule has 6 nitrogen and oxygen atoms in total. The molecule has 1 heterocycles. The molecule has 5 N–H and O–H groups in total. The molecule has 0 bridgehead atoms. The van der Waals surface area contributed by atoms with Gasteiger partial charge in [-0.05, 0) is 0 Å². The van der Waals surface area contributed by atoms with Crippen molar-refractivity contribution in [1.82, 2.24) is 0 Å². The zero-order valence-electron chi connectivity index (χ0n) is 6.22. The smallest absolute Gasteiger partial charge is 0.329 e. The number of rotatable bonds is 0. The Kier molecular flexibility index (Phi) is 1.75. The van der Waals surface area contributed by atoms with Crippen LogP contribution in [0.2, 0.25) is 0 Å². The minimum atomic E-state index is -2.65. The molecule has 0 spiro atoms. The first-order chi connectivity index (χ1) is 5.93. The van der Waals surface area contributed by atoms with E-state index in [-0.39, 0.29) is 0 Å². The minimum absolute atomic E-state index is 1.16. The Bertz CT molecular complexity index is 320. The van der Waals surface area contributed by atoms with Crippen LogP contribution in [0.3, 0.4) is 0 Å². The van der Waals surface area contributed by atoms with Gasteiger partial charge in [0, 0.05) is 0 Å². The maximum Gasteiger partial charge on any atom is 0.329 e. The zero-order chi connectivity index (χ0) is 10.2. The zero-order valence-corrected chi connectivity index (χ0v) is 6.22. The molecule has 0 fully saturated rings. The average molecular weight is 186 g/mol. The Balaban J connectivity index is 3.32. The summed E-state index contributed by atoms with van der Waals surface area (Å²) >= 11 is 0. The molecular weight excluding hydrogens is 180 g/mol. The van der Waals surface area contributed by atoms with Gasteiger partial charge in [0.15, 0.2) is 0 Å². The van der Waals surface area contributed by atoms with E-state index in [9.17, 15) is 5.11 Å². The fraction of sp³-hybridized carbons (Fsp3) is 0.143. The van der Waals surface area contributed by atoms with Crippen molar-refractivity contribution in [2.24, 2.45) is 0 Å². The van der Waals surface area contributed by atoms with Crippen molar-refractivity contribution in [3.63, 3.8) is 0 Å². The lowest BCUT2D eigenvalue weighted by molar-refractivity contribution is -0.0287. The van der Waals surface area contributed by atoms with E-state index >= 15 is 0 Å². The van der Waals surface area contributed by atoms with E-state index in [0.29, 0.717) is 0 Å². The number of ether oxygens (including phenoxy) is 1. The summed E-state index contributed by atoms with van der Waals surface area (Å²) in [5.74, 6) is -3.08. The van der Waals surface area contributed by atoms with Crippen LogP contribution in [0.25, 0.3) is 0 Å². The van der Waals surface area contributed by atoms with Crippen LogP contribution in [0.4, 0.5) is 0 Å². The molecule has 70 valence electrons. The highest BCUT2D eigenvalue weighted by Gasteiger charge is 2.45. The van der Waals surface area contributed by atoms with Gasteiger partial charge in [-0.15, -0.1) is 6.42 Å². The summed E-state index contributed by atoms with van der Waals surface area (Å²) in [6, 6.07) is 0. The van der Waals surface area contributed by atoms with Crippen LogP contribution in [0, 0.1) is 12.3 Å². The molecule has 0 atom stereocenters. The van der Waals surface area contributed by atoms with E-state index in [0.717, 1.165) is 0 Å². The third kappa shape index (κ3) is 1.02. The molecule has 0 saturated carbocycles. The molecule has 1 aliphatic heterocycles. The predicted molar refractivity (Wildman–Crippen MR) is 39.4 cm³/mol. The van der Waals surface area contributed by atoms with Crippen LogP contribution in [-0.2, 0) is 4.74 Å². The minimum Gasteiger partial charge on any atom is -0.502 e. The second kappa shape index (κ2) is 2.50. The van der Waals surface area contributed by atoms with Crippen LogP contribution >= 0.6 is 0 Å². The van der Waals surface area contributed by atoms with Gasteiger partial charge in [0.25, 0.3) is 5.60 Å². The van der Waals surface area contributed by atoms with Crippen LogP contribution in [-0.4, -0.2) is 31.1 Å². The third-order valence-electron chi connectivity index (χ3n) is 1.49. The second-order valence-corrected chi connectivity index (χ2v) is 2.26. The standard InChI is InChI=1S/C7H6O6/c1-2-7(12)3(8)5(10)13-6(11)4(7)9/h1,8-12H. The van der Waals surface area contributed by atoms with Crippen molar-refractivity contribution in [2.75, 3.05) is 0 Å². The molecule has 0 aromatic rings. The Morgan fingerprint density at radius 3 is 1.77 bits per heavy atom. The van der Waals surface area contributed by atoms with Crippen LogP contribution in [0.5, 0.6) is 0 Å². The summed E-state index contributed by atoms with van der Waals surface area (Å²) in [5.41, 5.74) is -2.65. The van der Waals surface area contributed by atoms with Gasteiger partial charge >= 0.3 is 11.9 Å². The Morgan fingerprint density at radius 2 is 1.46 bits per heavy atom. The molecule has 6 heteroatoms. The molecule has 0 aliphatic carbocycles. The fourth-order valence-corrected chi connectivity index (χ4v) is 0.747. The highest BCUT2D eigenvalue weighted by atomic mass is 16.7. The highest BCUT2D eigenvalue weighted by Crippen LogP contribution is 2.31. The summed E-state index contributed by atoms with van der Waals surface area (Å²) in [4.78, 5) is 0. The Labute approximate surface area is 72.6 Å². The number of terminal acetylenes is 1. The van der Waals surface area contributed by atoms with Gasteiger partial charge in [-0.1, -0.05) is 5.92 Å². The maximum absolute atomic E-state index is 9.31. The van der Waals surface area contributed by atoms with E-state index in [2.05, 4.69) is 4.74 Å². The maximum atomic E-state index is 9.31. The number of hydrogen-bond acceptors (Lipinski definition) is 6. The molecular formula is C7H6O6. The monoisotopic (exact) mass is 186 g/mol. The number of aliphatic hydroxyl groups is 5. The first kappa shape index (κ1) is 9.09. The van der Waals surface area contributed by atoms with Gasteiger partial charge in [-0.2, -0.15) is 0 Å². The number of aliphatic hydroxyl groups excluding tert-OH is 4. The molecule has 1 rings (SSSR count). The molecule has 0 amide bonds.